The Balaban J connectivity index is 1.05. The molecule has 0 N–H and O–H groups in total. The molecule has 10 aromatic carbocycles. The highest BCUT2D eigenvalue weighted by Crippen LogP contribution is 2.49. The predicted molar refractivity (Wildman–Crippen MR) is 313 cm³/mol. The number of anilines is 9. The van der Waals surface area contributed by atoms with Crippen LogP contribution < -0.4 is 31.1 Å². The van der Waals surface area contributed by atoms with Crippen LogP contribution in [0.2, 0.25) is 0 Å². The van der Waals surface area contributed by atoms with Crippen LogP contribution in [-0.4, -0.2) is 6.71 Å². The van der Waals surface area contributed by atoms with Crippen molar-refractivity contribution in [1.29, 1.82) is 0 Å². The standard InChI is InChI=1S/C68H54BN3O2/c1-67(2,3)45-29-33-47(34-30-45)71-57-24-16-25-58-65(57)69(56-41-54-52-22-11-12-27-62(52)73-64(54)42-61(56)72(58)48-35-31-46(32-36-48)68(4,5)6)55-38-37-50(40-60(55)71)70(49-20-14-19-44(39-49)43-17-8-7-9-18-43)59-26-15-23-53-51-21-10-13-28-63(51)74-66(53)59/h7-42H,1-6H3. The number of rotatable bonds is 6. The summed E-state index contributed by atoms with van der Waals surface area (Å²) in [7, 11) is 0. The molecular formula is C68H54BN3O2. The fourth-order valence-corrected chi connectivity index (χ4v) is 11.8. The highest BCUT2D eigenvalue weighted by Gasteiger charge is 2.44. The summed E-state index contributed by atoms with van der Waals surface area (Å²) >= 11 is 0. The molecule has 0 radical (unpaired) electrons. The van der Waals surface area contributed by atoms with E-state index in [0.29, 0.717) is 0 Å². The van der Waals surface area contributed by atoms with Gasteiger partial charge in [0.25, 0.3) is 6.71 Å². The van der Waals surface area contributed by atoms with Gasteiger partial charge in [0, 0.05) is 73.1 Å². The zero-order chi connectivity index (χ0) is 50.0. The number of benzene rings is 10. The summed E-state index contributed by atoms with van der Waals surface area (Å²) in [5, 5.41) is 4.41. The van der Waals surface area contributed by atoms with Gasteiger partial charge in [-0.15, -0.1) is 0 Å². The van der Waals surface area contributed by atoms with Crippen LogP contribution in [0.15, 0.2) is 227 Å². The molecule has 0 saturated heterocycles. The minimum atomic E-state index is -0.109. The van der Waals surface area contributed by atoms with Gasteiger partial charge in [-0.25, -0.2) is 0 Å². The smallest absolute Gasteiger partial charge is 0.252 e. The molecule has 0 unspecified atom stereocenters. The maximum Gasteiger partial charge on any atom is 0.252 e. The lowest BCUT2D eigenvalue weighted by Crippen LogP contribution is -2.61. The summed E-state index contributed by atoms with van der Waals surface area (Å²) in [6, 6.07) is 80.0. The van der Waals surface area contributed by atoms with E-state index in [-0.39, 0.29) is 17.5 Å². The number of furan rings is 2. The van der Waals surface area contributed by atoms with Crippen molar-refractivity contribution in [1.82, 2.24) is 0 Å². The number of fused-ring (bicyclic) bond motifs is 10. The minimum absolute atomic E-state index is 0.00961. The first kappa shape index (κ1) is 44.0. The molecule has 0 bridgehead atoms. The second-order valence-electron chi connectivity index (χ2n) is 22.2. The van der Waals surface area contributed by atoms with Crippen molar-refractivity contribution in [3.63, 3.8) is 0 Å². The lowest BCUT2D eigenvalue weighted by Gasteiger charge is -2.44. The zero-order valence-corrected chi connectivity index (χ0v) is 42.5. The van der Waals surface area contributed by atoms with Crippen LogP contribution in [0.25, 0.3) is 55.0 Å². The van der Waals surface area contributed by atoms with Crippen molar-refractivity contribution >= 4 is 118 Å². The Hall–Kier alpha value is -8.74. The lowest BCUT2D eigenvalue weighted by atomic mass is 9.33. The molecule has 74 heavy (non-hydrogen) atoms. The largest absolute Gasteiger partial charge is 0.456 e. The summed E-state index contributed by atoms with van der Waals surface area (Å²) in [6.45, 7) is 13.6. The Morgan fingerprint density at radius 1 is 0.378 bits per heavy atom. The Labute approximate surface area is 432 Å². The molecule has 0 fully saturated rings. The molecule has 4 heterocycles. The first-order valence-electron chi connectivity index (χ1n) is 25.9. The van der Waals surface area contributed by atoms with E-state index < -0.39 is 0 Å². The maximum atomic E-state index is 6.87. The van der Waals surface area contributed by atoms with Crippen molar-refractivity contribution in [2.45, 2.75) is 52.4 Å². The molecule has 12 aromatic rings. The lowest BCUT2D eigenvalue weighted by molar-refractivity contribution is 0.590. The van der Waals surface area contributed by atoms with Crippen LogP contribution in [0.5, 0.6) is 0 Å². The van der Waals surface area contributed by atoms with Crippen LogP contribution in [0.3, 0.4) is 0 Å². The van der Waals surface area contributed by atoms with Gasteiger partial charge in [0.15, 0.2) is 5.58 Å². The molecular weight excluding hydrogens is 902 g/mol. The number of hydrogen-bond donors (Lipinski definition) is 0. The predicted octanol–water partition coefficient (Wildman–Crippen LogP) is 17.3. The highest BCUT2D eigenvalue weighted by atomic mass is 16.3. The Morgan fingerprint density at radius 3 is 1.58 bits per heavy atom. The molecule has 356 valence electrons. The van der Waals surface area contributed by atoms with E-state index in [2.05, 4.69) is 269 Å². The van der Waals surface area contributed by atoms with Crippen molar-refractivity contribution in [3.8, 4) is 11.1 Å². The first-order valence-corrected chi connectivity index (χ1v) is 25.9. The molecule has 14 rings (SSSR count). The van der Waals surface area contributed by atoms with Crippen molar-refractivity contribution < 1.29 is 8.83 Å². The third kappa shape index (κ3) is 6.92. The van der Waals surface area contributed by atoms with Crippen LogP contribution in [0.4, 0.5) is 51.2 Å². The number of para-hydroxylation sites is 3. The van der Waals surface area contributed by atoms with Gasteiger partial charge in [-0.1, -0.05) is 175 Å². The Morgan fingerprint density at radius 2 is 0.919 bits per heavy atom. The van der Waals surface area contributed by atoms with Crippen molar-refractivity contribution in [2.75, 3.05) is 14.7 Å². The SMILES string of the molecule is CC(C)(C)c1ccc(N2c3cc(N(c4cccc(-c5ccccc5)c4)c4cccc5c4oc4ccccc45)ccc3B3c4cc5c(cc4N(c4ccc(C(C)(C)C)cc4)c4cccc2c43)oc2ccccc25)cc1. The van der Waals surface area contributed by atoms with E-state index in [9.17, 15) is 0 Å². The van der Waals surface area contributed by atoms with Crippen LogP contribution in [0.1, 0.15) is 52.7 Å². The maximum absolute atomic E-state index is 6.87. The Bertz CT molecular complexity index is 4180. The third-order valence-electron chi connectivity index (χ3n) is 15.6. The van der Waals surface area contributed by atoms with Gasteiger partial charge >= 0.3 is 0 Å². The van der Waals surface area contributed by atoms with Gasteiger partial charge in [0.05, 0.1) is 5.69 Å². The average Bonchev–Trinajstić information content (AvgIpc) is 3.99. The van der Waals surface area contributed by atoms with E-state index >= 15 is 0 Å². The van der Waals surface area contributed by atoms with E-state index in [1.165, 1.54) is 27.5 Å². The fraction of sp³-hybridized carbons (Fsp3) is 0.118. The van der Waals surface area contributed by atoms with E-state index in [1.807, 2.05) is 6.07 Å². The normalized spacial score (nSPS) is 13.2. The minimum Gasteiger partial charge on any atom is -0.456 e. The second kappa shape index (κ2) is 16.4. The summed E-state index contributed by atoms with van der Waals surface area (Å²) in [4.78, 5) is 7.38. The van der Waals surface area contributed by atoms with Crippen LogP contribution in [0, 0.1) is 0 Å². The molecule has 0 aliphatic carbocycles. The monoisotopic (exact) mass is 955 g/mol. The molecule has 2 aliphatic heterocycles. The van der Waals surface area contributed by atoms with Gasteiger partial charge in [-0.2, -0.15) is 0 Å². The highest BCUT2D eigenvalue weighted by molar-refractivity contribution is 7.00. The van der Waals surface area contributed by atoms with Gasteiger partial charge in [0.1, 0.15) is 16.7 Å². The van der Waals surface area contributed by atoms with Crippen molar-refractivity contribution in [2.24, 2.45) is 0 Å². The quantitative estimate of drug-likeness (QED) is 0.155. The zero-order valence-electron chi connectivity index (χ0n) is 42.5. The third-order valence-corrected chi connectivity index (χ3v) is 15.6. The van der Waals surface area contributed by atoms with Crippen LogP contribution in [-0.2, 0) is 10.8 Å². The molecule has 5 nitrogen and oxygen atoms in total. The Kier molecular flexibility index (Phi) is 9.75. The summed E-state index contributed by atoms with van der Waals surface area (Å²) in [6.07, 6.45) is 0. The van der Waals surface area contributed by atoms with E-state index in [0.717, 1.165) is 106 Å². The summed E-state index contributed by atoms with van der Waals surface area (Å²) < 4.78 is 13.6. The number of hydrogen-bond acceptors (Lipinski definition) is 5. The van der Waals surface area contributed by atoms with Crippen LogP contribution >= 0.6 is 0 Å². The fourth-order valence-electron chi connectivity index (χ4n) is 11.8. The van der Waals surface area contributed by atoms with Gasteiger partial charge in [-0.3, -0.25) is 0 Å². The number of nitrogens with zero attached hydrogens (tertiary/aromatic N) is 3. The molecule has 0 atom stereocenters. The summed E-state index contributed by atoms with van der Waals surface area (Å²) in [5.41, 5.74) is 21.9. The van der Waals surface area contributed by atoms with Crippen molar-refractivity contribution in [3.05, 3.63) is 230 Å². The summed E-state index contributed by atoms with van der Waals surface area (Å²) in [5.74, 6) is 0. The average molecular weight is 956 g/mol. The van der Waals surface area contributed by atoms with E-state index in [1.54, 1.807) is 0 Å². The molecule has 2 aliphatic rings. The van der Waals surface area contributed by atoms with Gasteiger partial charge in [0.2, 0.25) is 0 Å². The van der Waals surface area contributed by atoms with Gasteiger partial charge in [-0.05, 0) is 128 Å². The first-order chi connectivity index (χ1) is 36.0. The molecule has 0 saturated carbocycles. The second-order valence-corrected chi connectivity index (χ2v) is 22.2. The topological polar surface area (TPSA) is 36.0 Å². The molecule has 0 spiro atoms. The molecule has 2 aromatic heterocycles. The van der Waals surface area contributed by atoms with E-state index in [4.69, 9.17) is 8.83 Å². The molecule has 6 heteroatoms. The molecule has 0 amide bonds. The van der Waals surface area contributed by atoms with Gasteiger partial charge < -0.3 is 23.5 Å².